The number of hydrogen-bond acceptors (Lipinski definition) is 5. The maximum absolute atomic E-state index is 14.0. The second-order valence-corrected chi connectivity index (χ2v) is 9.18. The van der Waals surface area contributed by atoms with E-state index in [-0.39, 0.29) is 23.1 Å². The van der Waals surface area contributed by atoms with Crippen molar-refractivity contribution in [2.45, 2.75) is 24.6 Å². The van der Waals surface area contributed by atoms with E-state index in [0.717, 1.165) is 29.3 Å². The van der Waals surface area contributed by atoms with Gasteiger partial charge in [0.15, 0.2) is 9.84 Å². The van der Waals surface area contributed by atoms with Gasteiger partial charge in [0, 0.05) is 30.7 Å². The Morgan fingerprint density at radius 1 is 1.16 bits per heavy atom. The normalized spacial score (nSPS) is 32.2. The number of ether oxygens (including phenoxy) is 1. The molecule has 4 rings (SSSR count). The molecule has 0 radical (unpaired) electrons. The molecule has 0 spiro atoms. The van der Waals surface area contributed by atoms with Crippen LogP contribution in [-0.2, 0) is 14.6 Å². The van der Waals surface area contributed by atoms with Crippen molar-refractivity contribution in [2.75, 3.05) is 31.2 Å². The third-order valence-electron chi connectivity index (χ3n) is 5.26. The van der Waals surface area contributed by atoms with Crippen molar-refractivity contribution >= 4 is 9.84 Å². The number of hydrogen-bond donors (Lipinski definition) is 1. The summed E-state index contributed by atoms with van der Waals surface area (Å²) in [4.78, 5) is 2.18. The van der Waals surface area contributed by atoms with Gasteiger partial charge in [0.05, 0.1) is 18.1 Å². The fourth-order valence-electron chi connectivity index (χ4n) is 4.06. The van der Waals surface area contributed by atoms with Gasteiger partial charge in [-0.05, 0) is 35.8 Å². The van der Waals surface area contributed by atoms with Crippen LogP contribution in [0.3, 0.4) is 0 Å². The van der Waals surface area contributed by atoms with Crippen LogP contribution < -0.4 is 5.73 Å². The fourth-order valence-corrected chi connectivity index (χ4v) is 5.81. The molecular formula is C17H20F2N2O3S. The number of sulfone groups is 1. The van der Waals surface area contributed by atoms with Crippen molar-refractivity contribution in [3.8, 4) is 0 Å². The van der Waals surface area contributed by atoms with Crippen molar-refractivity contribution in [1.29, 1.82) is 0 Å². The Bertz CT molecular complexity index is 816. The SMILES string of the molecule is NC1CC(N2CC3=C(C2)CS(=O)(=O)C3)COC1c1cc(F)ccc1F. The standard InChI is InChI=1S/C17H20F2N2O3S/c18-12-1-2-15(19)14(3-12)17-16(20)4-13(7-24-17)21-5-10-8-25(22,23)9-11(10)6-21/h1-3,13,16-17H,4-9,20H2. The average molecular weight is 370 g/mol. The highest BCUT2D eigenvalue weighted by Crippen LogP contribution is 2.34. The summed E-state index contributed by atoms with van der Waals surface area (Å²) in [6.07, 6.45) is -0.0803. The van der Waals surface area contributed by atoms with Crippen molar-refractivity contribution in [3.63, 3.8) is 0 Å². The fraction of sp³-hybridized carbons (Fsp3) is 0.529. The molecule has 8 heteroatoms. The van der Waals surface area contributed by atoms with Gasteiger partial charge in [0.1, 0.15) is 17.7 Å². The van der Waals surface area contributed by atoms with Gasteiger partial charge in [0.25, 0.3) is 0 Å². The Labute approximate surface area is 145 Å². The Morgan fingerprint density at radius 3 is 2.48 bits per heavy atom. The molecule has 1 aromatic carbocycles. The molecule has 1 fully saturated rings. The third kappa shape index (κ3) is 3.23. The number of rotatable bonds is 2. The van der Waals surface area contributed by atoms with Gasteiger partial charge in [-0.2, -0.15) is 0 Å². The van der Waals surface area contributed by atoms with Crippen LogP contribution in [0.2, 0.25) is 0 Å². The summed E-state index contributed by atoms with van der Waals surface area (Å²) < 4.78 is 56.5. The monoisotopic (exact) mass is 370 g/mol. The number of nitrogens with two attached hydrogens (primary N) is 1. The molecule has 25 heavy (non-hydrogen) atoms. The van der Waals surface area contributed by atoms with E-state index in [1.54, 1.807) is 0 Å². The molecule has 2 N–H and O–H groups in total. The first-order valence-electron chi connectivity index (χ1n) is 8.29. The lowest BCUT2D eigenvalue weighted by molar-refractivity contribution is -0.0464. The zero-order valence-electron chi connectivity index (χ0n) is 13.6. The minimum Gasteiger partial charge on any atom is -0.370 e. The van der Waals surface area contributed by atoms with Gasteiger partial charge < -0.3 is 10.5 Å². The third-order valence-corrected chi connectivity index (χ3v) is 6.84. The zero-order valence-corrected chi connectivity index (χ0v) is 14.4. The van der Waals surface area contributed by atoms with E-state index in [9.17, 15) is 17.2 Å². The van der Waals surface area contributed by atoms with Gasteiger partial charge in [-0.15, -0.1) is 0 Å². The molecule has 3 atom stereocenters. The number of nitrogens with zero attached hydrogens (tertiary/aromatic N) is 1. The van der Waals surface area contributed by atoms with E-state index in [1.807, 2.05) is 0 Å². The van der Waals surface area contributed by atoms with E-state index in [4.69, 9.17) is 10.5 Å². The van der Waals surface area contributed by atoms with E-state index >= 15 is 0 Å². The Hall–Kier alpha value is -1.35. The van der Waals surface area contributed by atoms with Crippen LogP contribution >= 0.6 is 0 Å². The summed E-state index contributed by atoms with van der Waals surface area (Å²) in [5.74, 6) is -0.742. The molecule has 0 saturated carbocycles. The minimum atomic E-state index is -2.96. The highest BCUT2D eigenvalue weighted by Gasteiger charge is 2.40. The number of benzene rings is 1. The molecule has 5 nitrogen and oxygen atoms in total. The second-order valence-electron chi connectivity index (χ2n) is 7.12. The summed E-state index contributed by atoms with van der Waals surface area (Å²) in [6.45, 7) is 1.60. The predicted octanol–water partition coefficient (Wildman–Crippen LogP) is 1.16. The zero-order chi connectivity index (χ0) is 17.8. The molecule has 0 bridgehead atoms. The summed E-state index contributed by atoms with van der Waals surface area (Å²) in [7, 11) is -2.96. The van der Waals surface area contributed by atoms with Gasteiger partial charge in [0.2, 0.25) is 0 Å². The smallest absolute Gasteiger partial charge is 0.158 e. The summed E-state index contributed by atoms with van der Waals surface area (Å²) >= 11 is 0. The van der Waals surface area contributed by atoms with Crippen LogP contribution in [0.15, 0.2) is 29.3 Å². The number of halogens is 2. The van der Waals surface area contributed by atoms with E-state index < -0.39 is 33.6 Å². The maximum Gasteiger partial charge on any atom is 0.158 e. The van der Waals surface area contributed by atoms with Crippen molar-refractivity contribution in [2.24, 2.45) is 5.73 Å². The van der Waals surface area contributed by atoms with Crippen LogP contribution in [0.5, 0.6) is 0 Å². The average Bonchev–Trinajstić information content (AvgIpc) is 3.03. The van der Waals surface area contributed by atoms with Gasteiger partial charge in [-0.3, -0.25) is 4.90 Å². The molecule has 3 aliphatic rings. The molecule has 136 valence electrons. The quantitative estimate of drug-likeness (QED) is 0.791. The first-order chi connectivity index (χ1) is 11.8. The first kappa shape index (κ1) is 17.1. The van der Waals surface area contributed by atoms with Crippen LogP contribution in [0, 0.1) is 11.6 Å². The highest BCUT2D eigenvalue weighted by atomic mass is 32.2. The first-order valence-corrected chi connectivity index (χ1v) is 10.1. The molecule has 0 aliphatic carbocycles. The van der Waals surface area contributed by atoms with Gasteiger partial charge in [-0.1, -0.05) is 0 Å². The van der Waals surface area contributed by atoms with E-state index in [2.05, 4.69) is 4.90 Å². The maximum atomic E-state index is 14.0. The van der Waals surface area contributed by atoms with Crippen molar-refractivity contribution < 1.29 is 21.9 Å². The van der Waals surface area contributed by atoms with Gasteiger partial charge >= 0.3 is 0 Å². The Balaban J connectivity index is 1.42. The summed E-state index contributed by atoms with van der Waals surface area (Å²) in [5, 5.41) is 0. The topological polar surface area (TPSA) is 72.6 Å². The molecule has 3 heterocycles. The molecule has 3 aliphatic heterocycles. The van der Waals surface area contributed by atoms with Crippen LogP contribution in [0.4, 0.5) is 8.78 Å². The minimum absolute atomic E-state index is 0.0520. The molecule has 1 aromatic rings. The Morgan fingerprint density at radius 2 is 1.84 bits per heavy atom. The summed E-state index contributed by atoms with van der Waals surface area (Å²) in [5.41, 5.74) is 8.33. The largest absolute Gasteiger partial charge is 0.370 e. The van der Waals surface area contributed by atoms with Crippen molar-refractivity contribution in [3.05, 3.63) is 46.5 Å². The van der Waals surface area contributed by atoms with E-state index in [0.29, 0.717) is 26.1 Å². The lowest BCUT2D eigenvalue weighted by atomic mass is 9.93. The predicted molar refractivity (Wildman–Crippen MR) is 88.7 cm³/mol. The molecule has 1 saturated heterocycles. The Kier molecular flexibility index (Phi) is 4.18. The van der Waals surface area contributed by atoms with Gasteiger partial charge in [-0.25, -0.2) is 17.2 Å². The van der Waals surface area contributed by atoms with Crippen LogP contribution in [0.1, 0.15) is 18.1 Å². The molecular weight excluding hydrogens is 350 g/mol. The lowest BCUT2D eigenvalue weighted by Gasteiger charge is -2.39. The van der Waals surface area contributed by atoms with E-state index in [1.165, 1.54) is 0 Å². The second kappa shape index (κ2) is 6.12. The molecule has 3 unspecified atom stereocenters. The summed E-state index contributed by atoms with van der Waals surface area (Å²) in [6, 6.07) is 2.89. The lowest BCUT2D eigenvalue weighted by Crippen LogP contribution is -2.49. The van der Waals surface area contributed by atoms with Crippen LogP contribution in [-0.4, -0.2) is 56.6 Å². The molecule has 0 amide bonds. The van der Waals surface area contributed by atoms with Crippen LogP contribution in [0.25, 0.3) is 0 Å². The molecule has 0 aromatic heterocycles. The van der Waals surface area contributed by atoms with Crippen molar-refractivity contribution in [1.82, 2.24) is 4.90 Å². The highest BCUT2D eigenvalue weighted by molar-refractivity contribution is 7.92.